The predicted molar refractivity (Wildman–Crippen MR) is 94.8 cm³/mol. The number of rotatable bonds is 6. The van der Waals surface area contributed by atoms with Gasteiger partial charge in [-0.3, -0.25) is 10.1 Å². The second-order valence-electron chi connectivity index (χ2n) is 5.37. The van der Waals surface area contributed by atoms with Crippen LogP contribution in [-0.2, 0) is 4.79 Å². The van der Waals surface area contributed by atoms with Crippen LogP contribution >= 0.6 is 15.9 Å². The van der Waals surface area contributed by atoms with Crippen LogP contribution in [0, 0.1) is 5.82 Å². The van der Waals surface area contributed by atoms with Gasteiger partial charge in [-0.15, -0.1) is 0 Å². The quantitative estimate of drug-likeness (QED) is 0.767. The van der Waals surface area contributed by atoms with Crippen LogP contribution in [0.4, 0.5) is 10.1 Å². The number of hydrogen-bond acceptors (Lipinski definition) is 2. The average Bonchev–Trinajstić information content (AvgIpc) is 2.55. The number of hydrogen-bond donors (Lipinski definition) is 2. The molecule has 0 heterocycles. The molecule has 0 radical (unpaired) electrons. The first kappa shape index (κ1) is 17.6. The van der Waals surface area contributed by atoms with Crippen molar-refractivity contribution in [3.05, 3.63) is 64.4 Å². The fourth-order valence-electron chi connectivity index (χ4n) is 2.33. The fourth-order valence-corrected chi connectivity index (χ4v) is 2.59. The molecule has 0 unspecified atom stereocenters. The number of nitrogens with one attached hydrogen (secondary N) is 2. The summed E-state index contributed by atoms with van der Waals surface area (Å²) in [5, 5.41) is 5.91. The third-order valence-electron chi connectivity index (χ3n) is 3.66. The van der Waals surface area contributed by atoms with E-state index in [1.54, 1.807) is 25.1 Å². The summed E-state index contributed by atoms with van der Waals surface area (Å²) in [6, 6.07) is 13.8. The predicted octanol–water partition coefficient (Wildman–Crippen LogP) is 4.66. The van der Waals surface area contributed by atoms with Crippen LogP contribution in [0.1, 0.15) is 31.9 Å². The largest absolute Gasteiger partial charge is 0.322 e. The minimum Gasteiger partial charge on any atom is -0.322 e. The van der Waals surface area contributed by atoms with Crippen molar-refractivity contribution in [2.75, 3.05) is 5.32 Å². The van der Waals surface area contributed by atoms with Crippen molar-refractivity contribution in [2.45, 2.75) is 32.4 Å². The topological polar surface area (TPSA) is 41.1 Å². The summed E-state index contributed by atoms with van der Waals surface area (Å²) in [7, 11) is 0. The number of carbonyl (C=O) groups excluding carboxylic acids is 1. The molecule has 0 saturated carbocycles. The second kappa shape index (κ2) is 8.22. The van der Waals surface area contributed by atoms with Gasteiger partial charge in [0.2, 0.25) is 5.91 Å². The molecule has 2 aromatic carbocycles. The molecule has 2 rings (SSSR count). The van der Waals surface area contributed by atoms with E-state index in [1.807, 2.05) is 24.3 Å². The first-order chi connectivity index (χ1) is 11.0. The van der Waals surface area contributed by atoms with Crippen molar-refractivity contribution in [3.63, 3.8) is 0 Å². The Morgan fingerprint density at radius 3 is 2.43 bits per heavy atom. The Morgan fingerprint density at radius 1 is 1.17 bits per heavy atom. The van der Waals surface area contributed by atoms with Gasteiger partial charge in [0.25, 0.3) is 0 Å². The summed E-state index contributed by atoms with van der Waals surface area (Å²) in [6.07, 6.45) is 0.846. The van der Waals surface area contributed by atoms with E-state index in [2.05, 4.69) is 33.5 Å². The van der Waals surface area contributed by atoms with Gasteiger partial charge >= 0.3 is 0 Å². The van der Waals surface area contributed by atoms with E-state index in [4.69, 9.17) is 0 Å². The highest BCUT2D eigenvalue weighted by Gasteiger charge is 2.19. The lowest BCUT2D eigenvalue weighted by Gasteiger charge is -2.22. The molecular formula is C18H20BrFN2O. The van der Waals surface area contributed by atoms with Crippen molar-refractivity contribution in [2.24, 2.45) is 0 Å². The molecule has 0 aromatic heterocycles. The van der Waals surface area contributed by atoms with Gasteiger partial charge in [0.15, 0.2) is 0 Å². The first-order valence-corrected chi connectivity index (χ1v) is 8.37. The molecule has 23 heavy (non-hydrogen) atoms. The molecule has 2 aromatic rings. The van der Waals surface area contributed by atoms with Gasteiger partial charge in [-0.2, -0.15) is 0 Å². The Bertz CT molecular complexity index is 660. The highest BCUT2D eigenvalue weighted by Crippen LogP contribution is 2.20. The van der Waals surface area contributed by atoms with E-state index in [0.717, 1.165) is 16.5 Å². The van der Waals surface area contributed by atoms with Gasteiger partial charge in [-0.25, -0.2) is 4.39 Å². The highest BCUT2D eigenvalue weighted by molar-refractivity contribution is 9.10. The van der Waals surface area contributed by atoms with Gasteiger partial charge in [0.1, 0.15) is 5.82 Å². The molecular weight excluding hydrogens is 359 g/mol. The Hall–Kier alpha value is -1.72. The van der Waals surface area contributed by atoms with Crippen molar-refractivity contribution in [1.82, 2.24) is 5.32 Å². The Morgan fingerprint density at radius 2 is 1.83 bits per heavy atom. The molecule has 2 atom stereocenters. The number of carbonyl (C=O) groups is 1. The zero-order chi connectivity index (χ0) is 16.8. The SMILES string of the molecule is CC[C@@H](N[C@H](C)C(=O)Nc1ccccc1F)c1ccc(Br)cc1. The average molecular weight is 379 g/mol. The fraction of sp³-hybridized carbons (Fsp3) is 0.278. The molecule has 3 nitrogen and oxygen atoms in total. The van der Waals surface area contributed by atoms with Crippen LogP contribution in [0.3, 0.4) is 0 Å². The van der Waals surface area contributed by atoms with Gasteiger partial charge < -0.3 is 5.32 Å². The number of amides is 1. The van der Waals surface area contributed by atoms with Crippen molar-refractivity contribution in [3.8, 4) is 0 Å². The van der Waals surface area contributed by atoms with E-state index in [1.165, 1.54) is 6.07 Å². The van der Waals surface area contributed by atoms with Gasteiger partial charge in [-0.1, -0.05) is 47.1 Å². The van der Waals surface area contributed by atoms with Crippen LogP contribution in [-0.4, -0.2) is 11.9 Å². The maximum Gasteiger partial charge on any atom is 0.241 e. The van der Waals surface area contributed by atoms with Crippen molar-refractivity contribution < 1.29 is 9.18 Å². The van der Waals surface area contributed by atoms with Crippen LogP contribution < -0.4 is 10.6 Å². The number of anilines is 1. The molecule has 0 spiro atoms. The molecule has 122 valence electrons. The maximum atomic E-state index is 13.6. The van der Waals surface area contributed by atoms with Crippen LogP contribution in [0.25, 0.3) is 0 Å². The summed E-state index contributed by atoms with van der Waals surface area (Å²) in [5.41, 5.74) is 1.31. The summed E-state index contributed by atoms with van der Waals surface area (Å²) in [6.45, 7) is 3.83. The minimum absolute atomic E-state index is 0.0597. The van der Waals surface area contributed by atoms with E-state index in [-0.39, 0.29) is 17.6 Å². The summed E-state index contributed by atoms with van der Waals surface area (Å²) in [5.74, 6) is -0.696. The van der Waals surface area contributed by atoms with Gasteiger partial charge in [0, 0.05) is 10.5 Å². The Kier molecular flexibility index (Phi) is 6.30. The zero-order valence-corrected chi connectivity index (χ0v) is 14.7. The van der Waals surface area contributed by atoms with E-state index >= 15 is 0 Å². The van der Waals surface area contributed by atoms with Crippen LogP contribution in [0.15, 0.2) is 53.0 Å². The van der Waals surface area contributed by atoms with Crippen LogP contribution in [0.2, 0.25) is 0 Å². The molecule has 0 saturated heterocycles. The normalized spacial score (nSPS) is 13.4. The Labute approximate surface area is 144 Å². The molecule has 0 bridgehead atoms. The lowest BCUT2D eigenvalue weighted by atomic mass is 10.0. The molecule has 0 fully saturated rings. The third-order valence-corrected chi connectivity index (χ3v) is 4.19. The van der Waals surface area contributed by atoms with Crippen LogP contribution in [0.5, 0.6) is 0 Å². The summed E-state index contributed by atoms with van der Waals surface area (Å²) in [4.78, 5) is 12.3. The number of para-hydroxylation sites is 1. The molecule has 5 heteroatoms. The minimum atomic E-state index is -0.441. The van der Waals surface area contributed by atoms with Gasteiger partial charge in [-0.05, 0) is 43.2 Å². The van der Waals surface area contributed by atoms with E-state index < -0.39 is 11.9 Å². The van der Waals surface area contributed by atoms with E-state index in [9.17, 15) is 9.18 Å². The lowest BCUT2D eigenvalue weighted by molar-refractivity contribution is -0.118. The molecule has 1 amide bonds. The highest BCUT2D eigenvalue weighted by atomic mass is 79.9. The summed E-state index contributed by atoms with van der Waals surface area (Å²) >= 11 is 3.41. The zero-order valence-electron chi connectivity index (χ0n) is 13.1. The summed E-state index contributed by atoms with van der Waals surface area (Å²) < 4.78 is 14.6. The molecule has 0 aliphatic carbocycles. The number of benzene rings is 2. The number of halogens is 2. The standard InChI is InChI=1S/C18H20BrFN2O/c1-3-16(13-8-10-14(19)11-9-13)21-12(2)18(23)22-17-7-5-4-6-15(17)20/h4-12,16,21H,3H2,1-2H3,(H,22,23)/t12-,16-/m1/s1. The molecule has 2 N–H and O–H groups in total. The van der Waals surface area contributed by atoms with Gasteiger partial charge in [0.05, 0.1) is 11.7 Å². The van der Waals surface area contributed by atoms with E-state index in [0.29, 0.717) is 0 Å². The third kappa shape index (κ3) is 4.88. The van der Waals surface area contributed by atoms with Crippen molar-refractivity contribution in [1.29, 1.82) is 0 Å². The smallest absolute Gasteiger partial charge is 0.241 e. The van der Waals surface area contributed by atoms with Crippen molar-refractivity contribution >= 4 is 27.5 Å². The monoisotopic (exact) mass is 378 g/mol. The first-order valence-electron chi connectivity index (χ1n) is 7.58. The molecule has 0 aliphatic heterocycles. The Balaban J connectivity index is 2.01. The lowest BCUT2D eigenvalue weighted by Crippen LogP contribution is -2.40. The maximum absolute atomic E-state index is 13.6. The molecule has 0 aliphatic rings. The second-order valence-corrected chi connectivity index (χ2v) is 6.29.